The Labute approximate surface area is 176 Å². The molecule has 2 aromatic carbocycles. The molecule has 0 spiro atoms. The number of carbonyl (C=O) groups excluding carboxylic acids is 1. The molecule has 1 amide bonds. The first-order chi connectivity index (χ1) is 15.2. The molecule has 0 saturated heterocycles. The molecule has 5 rings (SSSR count). The maximum Gasteiger partial charge on any atom is 0.352 e. The molecule has 10 nitrogen and oxygen atoms in total. The van der Waals surface area contributed by atoms with Gasteiger partial charge in [0.05, 0.1) is 0 Å². The molecule has 0 atom stereocenters. The van der Waals surface area contributed by atoms with E-state index < -0.39 is 5.69 Å². The van der Waals surface area contributed by atoms with E-state index in [0.717, 1.165) is 15.9 Å². The van der Waals surface area contributed by atoms with Gasteiger partial charge < -0.3 is 20.1 Å². The van der Waals surface area contributed by atoms with Gasteiger partial charge in [-0.15, -0.1) is 5.10 Å². The van der Waals surface area contributed by atoms with Crippen LogP contribution in [0.2, 0.25) is 0 Å². The Hall–Kier alpha value is -4.34. The SMILES string of the molecule is O=C(Cn1nc2nc(Nc3ccccc3)ccn2c1=O)NCc1ccc2c(c1)OCO2. The summed E-state index contributed by atoms with van der Waals surface area (Å²) in [4.78, 5) is 29.2. The van der Waals surface area contributed by atoms with Crippen molar-refractivity contribution in [1.29, 1.82) is 0 Å². The predicted octanol–water partition coefficient (Wildman–Crippen LogP) is 1.68. The third kappa shape index (κ3) is 3.90. The minimum Gasteiger partial charge on any atom is -0.454 e. The van der Waals surface area contributed by atoms with Gasteiger partial charge in [0.15, 0.2) is 11.5 Å². The molecule has 31 heavy (non-hydrogen) atoms. The second kappa shape index (κ2) is 7.82. The molecule has 10 heteroatoms. The van der Waals surface area contributed by atoms with E-state index in [0.29, 0.717) is 23.9 Å². The van der Waals surface area contributed by atoms with Crippen LogP contribution in [0.3, 0.4) is 0 Å². The number of para-hydroxylation sites is 1. The lowest BCUT2D eigenvalue weighted by molar-refractivity contribution is -0.122. The normalized spacial score (nSPS) is 12.1. The van der Waals surface area contributed by atoms with Gasteiger partial charge in [0, 0.05) is 18.4 Å². The van der Waals surface area contributed by atoms with Gasteiger partial charge in [0.2, 0.25) is 12.7 Å². The van der Waals surface area contributed by atoms with Crippen molar-refractivity contribution < 1.29 is 14.3 Å². The van der Waals surface area contributed by atoms with E-state index >= 15 is 0 Å². The summed E-state index contributed by atoms with van der Waals surface area (Å²) in [6, 6.07) is 16.7. The van der Waals surface area contributed by atoms with Crippen LogP contribution in [0, 0.1) is 0 Å². The van der Waals surface area contributed by atoms with Gasteiger partial charge in [-0.2, -0.15) is 4.98 Å². The highest BCUT2D eigenvalue weighted by Gasteiger charge is 2.15. The fraction of sp³-hybridized carbons (Fsp3) is 0.143. The minimum absolute atomic E-state index is 0.193. The molecule has 2 N–H and O–H groups in total. The van der Waals surface area contributed by atoms with Gasteiger partial charge in [-0.05, 0) is 35.9 Å². The number of rotatable bonds is 6. The summed E-state index contributed by atoms with van der Waals surface area (Å²) in [5.74, 6) is 1.73. The fourth-order valence-electron chi connectivity index (χ4n) is 3.19. The number of hydrogen-bond acceptors (Lipinski definition) is 7. The van der Waals surface area contributed by atoms with Crippen LogP contribution in [0.25, 0.3) is 5.78 Å². The molecule has 0 unspecified atom stereocenters. The summed E-state index contributed by atoms with van der Waals surface area (Å²) in [5, 5.41) is 10.1. The van der Waals surface area contributed by atoms with Crippen molar-refractivity contribution in [3.63, 3.8) is 0 Å². The first kappa shape index (κ1) is 18.7. The summed E-state index contributed by atoms with van der Waals surface area (Å²) in [5.41, 5.74) is 1.29. The number of hydrogen-bond donors (Lipinski definition) is 2. The number of benzene rings is 2. The molecule has 0 radical (unpaired) electrons. The Balaban J connectivity index is 1.26. The molecule has 0 saturated carbocycles. The Morgan fingerprint density at radius 2 is 1.90 bits per heavy atom. The van der Waals surface area contributed by atoms with Crippen LogP contribution >= 0.6 is 0 Å². The van der Waals surface area contributed by atoms with E-state index in [9.17, 15) is 9.59 Å². The zero-order chi connectivity index (χ0) is 21.2. The van der Waals surface area contributed by atoms with Gasteiger partial charge in [0.1, 0.15) is 12.4 Å². The first-order valence-corrected chi connectivity index (χ1v) is 9.59. The van der Waals surface area contributed by atoms with Crippen LogP contribution in [0.15, 0.2) is 65.6 Å². The second-order valence-corrected chi connectivity index (χ2v) is 6.88. The number of nitrogens with one attached hydrogen (secondary N) is 2. The molecule has 0 bridgehead atoms. The summed E-state index contributed by atoms with van der Waals surface area (Å²) in [7, 11) is 0. The van der Waals surface area contributed by atoms with Crippen molar-refractivity contribution in [1.82, 2.24) is 24.5 Å². The van der Waals surface area contributed by atoms with Crippen LogP contribution in [-0.2, 0) is 17.9 Å². The maximum atomic E-state index is 12.5. The number of ether oxygens (including phenoxy) is 2. The fourth-order valence-corrected chi connectivity index (χ4v) is 3.19. The first-order valence-electron chi connectivity index (χ1n) is 9.59. The number of carbonyl (C=O) groups is 1. The number of amides is 1. The molecular formula is C21H18N6O4. The van der Waals surface area contributed by atoms with Gasteiger partial charge in [-0.3, -0.25) is 4.79 Å². The average Bonchev–Trinajstić information content (AvgIpc) is 3.37. The van der Waals surface area contributed by atoms with Crippen molar-refractivity contribution in [2.24, 2.45) is 0 Å². The number of aromatic nitrogens is 4. The summed E-state index contributed by atoms with van der Waals surface area (Å²) >= 11 is 0. The van der Waals surface area contributed by atoms with Crippen LogP contribution in [0.5, 0.6) is 11.5 Å². The van der Waals surface area contributed by atoms with Gasteiger partial charge in [0.25, 0.3) is 5.78 Å². The Morgan fingerprint density at radius 3 is 2.77 bits per heavy atom. The molecule has 1 aliphatic heterocycles. The van der Waals surface area contributed by atoms with Crippen LogP contribution in [-0.4, -0.2) is 31.9 Å². The van der Waals surface area contributed by atoms with Gasteiger partial charge in [-0.1, -0.05) is 24.3 Å². The van der Waals surface area contributed by atoms with E-state index in [1.54, 1.807) is 18.3 Å². The summed E-state index contributed by atoms with van der Waals surface area (Å²) < 4.78 is 13.0. The van der Waals surface area contributed by atoms with Crippen molar-refractivity contribution in [3.05, 3.63) is 76.8 Å². The van der Waals surface area contributed by atoms with E-state index in [1.807, 2.05) is 42.5 Å². The largest absolute Gasteiger partial charge is 0.454 e. The average molecular weight is 418 g/mol. The summed E-state index contributed by atoms with van der Waals surface area (Å²) in [6.45, 7) is 0.272. The lowest BCUT2D eigenvalue weighted by Gasteiger charge is -2.05. The van der Waals surface area contributed by atoms with Crippen molar-refractivity contribution in [2.75, 3.05) is 12.1 Å². The maximum absolute atomic E-state index is 12.5. The number of fused-ring (bicyclic) bond motifs is 2. The predicted molar refractivity (Wildman–Crippen MR) is 111 cm³/mol. The lowest BCUT2D eigenvalue weighted by atomic mass is 10.2. The molecule has 0 aliphatic carbocycles. The topological polar surface area (TPSA) is 112 Å². The smallest absolute Gasteiger partial charge is 0.352 e. The van der Waals surface area contributed by atoms with Gasteiger partial charge >= 0.3 is 5.69 Å². The van der Waals surface area contributed by atoms with E-state index in [2.05, 4.69) is 20.7 Å². The lowest BCUT2D eigenvalue weighted by Crippen LogP contribution is -2.32. The van der Waals surface area contributed by atoms with E-state index in [1.165, 1.54) is 4.40 Å². The van der Waals surface area contributed by atoms with Crippen LogP contribution < -0.4 is 25.8 Å². The zero-order valence-corrected chi connectivity index (χ0v) is 16.3. The standard InChI is InChI=1S/C21H18N6O4/c28-19(22-11-14-6-7-16-17(10-14)31-13-30-16)12-27-21(29)26-9-8-18(24-20(26)25-27)23-15-4-2-1-3-5-15/h1-10H,11-13H2,(H,22,28)(H,23,24,25). The van der Waals surface area contributed by atoms with E-state index in [4.69, 9.17) is 9.47 Å². The molecule has 3 heterocycles. The molecule has 0 fully saturated rings. The van der Waals surface area contributed by atoms with Crippen LogP contribution in [0.4, 0.5) is 11.5 Å². The summed E-state index contributed by atoms with van der Waals surface area (Å²) in [6.07, 6.45) is 1.57. The highest BCUT2D eigenvalue weighted by atomic mass is 16.7. The van der Waals surface area contributed by atoms with Crippen LogP contribution in [0.1, 0.15) is 5.56 Å². The van der Waals surface area contributed by atoms with Gasteiger partial charge in [-0.25, -0.2) is 13.9 Å². The Kier molecular flexibility index (Phi) is 4.71. The monoisotopic (exact) mass is 418 g/mol. The molecule has 4 aromatic rings. The Morgan fingerprint density at radius 1 is 1.06 bits per heavy atom. The number of nitrogens with zero attached hydrogens (tertiary/aromatic N) is 4. The highest BCUT2D eigenvalue weighted by molar-refractivity contribution is 5.75. The van der Waals surface area contributed by atoms with E-state index in [-0.39, 0.29) is 25.0 Å². The molecule has 1 aliphatic rings. The minimum atomic E-state index is -0.438. The molecule has 2 aromatic heterocycles. The second-order valence-electron chi connectivity index (χ2n) is 6.88. The van der Waals surface area contributed by atoms with Crippen molar-refractivity contribution in [2.45, 2.75) is 13.1 Å². The Bertz CT molecular complexity index is 1310. The molecule has 156 valence electrons. The molecular weight excluding hydrogens is 400 g/mol. The third-order valence-electron chi connectivity index (χ3n) is 4.72. The highest BCUT2D eigenvalue weighted by Crippen LogP contribution is 2.32. The number of anilines is 2. The van der Waals surface area contributed by atoms with Crippen molar-refractivity contribution >= 4 is 23.2 Å². The third-order valence-corrected chi connectivity index (χ3v) is 4.72. The van der Waals surface area contributed by atoms with Crippen molar-refractivity contribution in [3.8, 4) is 11.5 Å². The quantitative estimate of drug-likeness (QED) is 0.490. The zero-order valence-electron chi connectivity index (χ0n) is 16.3.